The average molecular weight is 344 g/mol. The van der Waals surface area contributed by atoms with E-state index >= 15 is 0 Å². The Bertz CT molecular complexity index is 776. The molecule has 1 heterocycles. The summed E-state index contributed by atoms with van der Waals surface area (Å²) in [5, 5.41) is 2.57. The first-order valence-corrected chi connectivity index (χ1v) is 8.16. The molecule has 0 unspecified atom stereocenters. The van der Waals surface area contributed by atoms with Gasteiger partial charge in [0.05, 0.1) is 24.6 Å². The van der Waals surface area contributed by atoms with Gasteiger partial charge in [0.2, 0.25) is 17.7 Å². The van der Waals surface area contributed by atoms with Gasteiger partial charge in [-0.15, -0.1) is 0 Å². The first kappa shape index (κ1) is 15.8. The van der Waals surface area contributed by atoms with Crippen molar-refractivity contribution in [2.24, 2.45) is 23.7 Å². The highest BCUT2D eigenvalue weighted by atomic mass is 19.1. The number of carbonyl (C=O) groups is 3. The minimum absolute atomic E-state index is 0.108. The van der Waals surface area contributed by atoms with Crippen molar-refractivity contribution in [3.63, 3.8) is 0 Å². The molecular weight excluding hydrogens is 327 g/mol. The van der Waals surface area contributed by atoms with Crippen molar-refractivity contribution in [1.82, 2.24) is 4.90 Å². The molecule has 130 valence electrons. The summed E-state index contributed by atoms with van der Waals surface area (Å²) in [6.07, 6.45) is 4.85. The smallest absolute Gasteiger partial charge is 0.244 e. The Balaban J connectivity index is 1.47. The second kappa shape index (κ2) is 5.68. The van der Waals surface area contributed by atoms with Gasteiger partial charge in [-0.05, 0) is 30.4 Å². The van der Waals surface area contributed by atoms with E-state index in [4.69, 9.17) is 4.74 Å². The fourth-order valence-corrected chi connectivity index (χ4v) is 4.22. The Morgan fingerprint density at radius 2 is 1.88 bits per heavy atom. The number of hydrogen-bond acceptors (Lipinski definition) is 4. The molecule has 1 aromatic carbocycles. The number of allylic oxidation sites excluding steroid dienone is 2. The number of benzene rings is 1. The van der Waals surface area contributed by atoms with Crippen LogP contribution >= 0.6 is 0 Å². The van der Waals surface area contributed by atoms with E-state index < -0.39 is 11.7 Å². The molecule has 2 fully saturated rings. The lowest BCUT2D eigenvalue weighted by Gasteiger charge is -2.17. The number of nitrogens with zero attached hydrogens (tertiary/aromatic N) is 1. The summed E-state index contributed by atoms with van der Waals surface area (Å²) in [4.78, 5) is 38.5. The minimum atomic E-state index is -0.521. The molecule has 1 aromatic rings. The van der Waals surface area contributed by atoms with Crippen LogP contribution in [0.25, 0.3) is 0 Å². The number of nitrogens with one attached hydrogen (secondary N) is 1. The fourth-order valence-electron chi connectivity index (χ4n) is 4.22. The van der Waals surface area contributed by atoms with Crippen molar-refractivity contribution < 1.29 is 23.5 Å². The van der Waals surface area contributed by atoms with Gasteiger partial charge >= 0.3 is 0 Å². The van der Waals surface area contributed by atoms with Gasteiger partial charge in [-0.3, -0.25) is 19.3 Å². The molecule has 0 spiro atoms. The third kappa shape index (κ3) is 2.42. The maximum Gasteiger partial charge on any atom is 0.244 e. The van der Waals surface area contributed by atoms with Gasteiger partial charge in [0.15, 0.2) is 0 Å². The third-order valence-corrected chi connectivity index (χ3v) is 5.30. The normalized spacial score (nSPS) is 29.3. The Hall–Kier alpha value is -2.70. The van der Waals surface area contributed by atoms with Gasteiger partial charge in [-0.1, -0.05) is 12.2 Å². The second-order valence-corrected chi connectivity index (χ2v) is 6.66. The van der Waals surface area contributed by atoms with Gasteiger partial charge in [0.1, 0.15) is 18.1 Å². The first-order valence-electron chi connectivity index (χ1n) is 8.16. The topological polar surface area (TPSA) is 75.7 Å². The number of imide groups is 1. The standard InChI is InChI=1S/C18H17FN2O4/c1-25-13-7-11(19)4-5-12(13)20-14(22)8-21-17(23)15-9-2-3-10(6-9)16(15)18(21)24/h2-5,7,9-10,15-16H,6,8H2,1H3,(H,20,22)/t9-,10-,15-,16+/m0/s1. The van der Waals surface area contributed by atoms with Crippen LogP contribution in [0.3, 0.4) is 0 Å². The van der Waals surface area contributed by atoms with Crippen LogP contribution < -0.4 is 10.1 Å². The number of rotatable bonds is 4. The van der Waals surface area contributed by atoms with Crippen LogP contribution in [0.1, 0.15) is 6.42 Å². The molecule has 1 aliphatic heterocycles. The molecule has 3 aliphatic rings. The minimum Gasteiger partial charge on any atom is -0.494 e. The van der Waals surface area contributed by atoms with Crippen molar-refractivity contribution in [3.8, 4) is 5.75 Å². The van der Waals surface area contributed by atoms with Crippen molar-refractivity contribution in [1.29, 1.82) is 0 Å². The molecule has 1 saturated carbocycles. The number of fused-ring (bicyclic) bond motifs is 5. The third-order valence-electron chi connectivity index (χ3n) is 5.30. The Morgan fingerprint density at radius 3 is 2.48 bits per heavy atom. The summed E-state index contributed by atoms with van der Waals surface area (Å²) in [5.41, 5.74) is 0.287. The Labute approximate surface area is 143 Å². The van der Waals surface area contributed by atoms with Crippen LogP contribution in [-0.4, -0.2) is 36.3 Å². The molecule has 25 heavy (non-hydrogen) atoms. The quantitative estimate of drug-likeness (QED) is 0.665. The van der Waals surface area contributed by atoms with Crippen LogP contribution in [0.5, 0.6) is 5.75 Å². The molecular formula is C18H17FN2O4. The predicted octanol–water partition coefficient (Wildman–Crippen LogP) is 1.58. The molecule has 1 saturated heterocycles. The van der Waals surface area contributed by atoms with Crippen LogP contribution in [0.4, 0.5) is 10.1 Å². The average Bonchev–Trinajstić information content (AvgIpc) is 3.26. The number of likely N-dealkylation sites (tertiary alicyclic amines) is 1. The van der Waals surface area contributed by atoms with E-state index in [1.54, 1.807) is 0 Å². The summed E-state index contributed by atoms with van der Waals surface area (Å²) in [5.74, 6) is -1.81. The summed E-state index contributed by atoms with van der Waals surface area (Å²) >= 11 is 0. The molecule has 0 aromatic heterocycles. The highest BCUT2D eigenvalue weighted by Crippen LogP contribution is 2.52. The van der Waals surface area contributed by atoms with Gasteiger partial charge in [-0.2, -0.15) is 0 Å². The number of halogens is 1. The lowest BCUT2D eigenvalue weighted by atomic mass is 9.85. The van der Waals surface area contributed by atoms with Crippen LogP contribution in [0.15, 0.2) is 30.4 Å². The number of anilines is 1. The lowest BCUT2D eigenvalue weighted by molar-refractivity contribution is -0.143. The monoisotopic (exact) mass is 344 g/mol. The predicted molar refractivity (Wildman–Crippen MR) is 86.0 cm³/mol. The van der Waals surface area contributed by atoms with E-state index in [-0.39, 0.29) is 53.5 Å². The summed E-state index contributed by atoms with van der Waals surface area (Å²) < 4.78 is 18.2. The molecule has 4 atom stereocenters. The molecule has 3 amide bonds. The van der Waals surface area contributed by atoms with E-state index in [0.717, 1.165) is 17.4 Å². The fraction of sp³-hybridized carbons (Fsp3) is 0.389. The van der Waals surface area contributed by atoms with E-state index in [0.29, 0.717) is 0 Å². The Kier molecular flexibility index (Phi) is 3.59. The largest absolute Gasteiger partial charge is 0.494 e. The van der Waals surface area contributed by atoms with Crippen LogP contribution in [0.2, 0.25) is 0 Å². The van der Waals surface area contributed by atoms with Crippen molar-refractivity contribution >= 4 is 23.4 Å². The van der Waals surface area contributed by atoms with Gasteiger partial charge in [0.25, 0.3) is 0 Å². The van der Waals surface area contributed by atoms with Crippen molar-refractivity contribution in [2.75, 3.05) is 19.0 Å². The van der Waals surface area contributed by atoms with Crippen LogP contribution in [-0.2, 0) is 14.4 Å². The van der Waals surface area contributed by atoms with Gasteiger partial charge in [-0.25, -0.2) is 4.39 Å². The zero-order valence-electron chi connectivity index (χ0n) is 13.6. The highest BCUT2D eigenvalue weighted by Gasteiger charge is 2.59. The zero-order chi connectivity index (χ0) is 17.7. The zero-order valence-corrected chi connectivity index (χ0v) is 13.6. The number of hydrogen-bond donors (Lipinski definition) is 1. The first-order chi connectivity index (χ1) is 12.0. The summed E-state index contributed by atoms with van der Waals surface area (Å²) in [7, 11) is 1.36. The summed E-state index contributed by atoms with van der Waals surface area (Å²) in [6, 6.07) is 3.71. The van der Waals surface area contributed by atoms with E-state index in [1.165, 1.54) is 19.2 Å². The van der Waals surface area contributed by atoms with Gasteiger partial charge in [0, 0.05) is 6.07 Å². The number of amides is 3. The van der Waals surface area contributed by atoms with E-state index in [9.17, 15) is 18.8 Å². The molecule has 1 N–H and O–H groups in total. The van der Waals surface area contributed by atoms with E-state index in [2.05, 4.69) is 5.32 Å². The summed E-state index contributed by atoms with van der Waals surface area (Å²) in [6.45, 7) is -0.343. The molecule has 4 rings (SSSR count). The molecule has 7 heteroatoms. The maximum absolute atomic E-state index is 13.2. The maximum atomic E-state index is 13.2. The lowest BCUT2D eigenvalue weighted by Crippen LogP contribution is -2.39. The SMILES string of the molecule is COc1cc(F)ccc1NC(=O)CN1C(=O)[C@@H]2[C@H](C1=O)[C@H]1C=C[C@H]2C1. The highest BCUT2D eigenvalue weighted by molar-refractivity contribution is 6.09. The number of methoxy groups -OCH3 is 1. The number of carbonyl (C=O) groups excluding carboxylic acids is 3. The second-order valence-electron chi connectivity index (χ2n) is 6.66. The van der Waals surface area contributed by atoms with Crippen LogP contribution in [0, 0.1) is 29.5 Å². The Morgan fingerprint density at radius 1 is 1.24 bits per heavy atom. The van der Waals surface area contributed by atoms with Crippen molar-refractivity contribution in [3.05, 3.63) is 36.2 Å². The van der Waals surface area contributed by atoms with Crippen molar-refractivity contribution in [2.45, 2.75) is 6.42 Å². The molecule has 2 aliphatic carbocycles. The molecule has 0 radical (unpaired) electrons. The van der Waals surface area contributed by atoms with Gasteiger partial charge < -0.3 is 10.1 Å². The number of ether oxygens (including phenoxy) is 1. The van der Waals surface area contributed by atoms with E-state index in [1.807, 2.05) is 12.2 Å². The molecule has 6 nitrogen and oxygen atoms in total. The molecule has 2 bridgehead atoms.